The van der Waals surface area contributed by atoms with E-state index >= 15 is 0 Å². The molecule has 124 valence electrons. The van der Waals surface area contributed by atoms with Crippen molar-refractivity contribution in [2.24, 2.45) is 0 Å². The number of rotatable bonds is 3. The molecular weight excluding hydrogens is 328 g/mol. The van der Waals surface area contributed by atoms with Gasteiger partial charge >= 0.3 is 0 Å². The molecule has 1 aliphatic heterocycles. The first-order chi connectivity index (χ1) is 11.7. The SMILES string of the molecule is CN1CCC(n2cc(-c3noc(-c4ccc(Cl)cc4)n3)nn2)CC1. The molecule has 1 aromatic carbocycles. The molecule has 4 rings (SSSR count). The fourth-order valence-corrected chi connectivity index (χ4v) is 2.98. The first kappa shape index (κ1) is 15.3. The van der Waals surface area contributed by atoms with Gasteiger partial charge in [-0.2, -0.15) is 4.98 Å². The number of benzene rings is 1. The van der Waals surface area contributed by atoms with Gasteiger partial charge in [-0.1, -0.05) is 22.0 Å². The van der Waals surface area contributed by atoms with E-state index < -0.39 is 0 Å². The van der Waals surface area contributed by atoms with E-state index in [2.05, 4.69) is 32.4 Å². The number of halogens is 1. The van der Waals surface area contributed by atoms with Crippen LogP contribution in [0.4, 0.5) is 0 Å². The van der Waals surface area contributed by atoms with Crippen LogP contribution in [0, 0.1) is 0 Å². The summed E-state index contributed by atoms with van der Waals surface area (Å²) in [6.45, 7) is 2.14. The van der Waals surface area contributed by atoms with E-state index in [4.69, 9.17) is 16.1 Å². The third-order valence-electron chi connectivity index (χ3n) is 4.32. The van der Waals surface area contributed by atoms with Gasteiger partial charge in [0.25, 0.3) is 5.89 Å². The van der Waals surface area contributed by atoms with Crippen LogP contribution in [0.3, 0.4) is 0 Å². The van der Waals surface area contributed by atoms with E-state index in [0.717, 1.165) is 31.5 Å². The highest BCUT2D eigenvalue weighted by Crippen LogP contribution is 2.25. The van der Waals surface area contributed by atoms with E-state index in [-0.39, 0.29) is 0 Å². The molecule has 3 aromatic rings. The van der Waals surface area contributed by atoms with Crippen LogP contribution in [0.2, 0.25) is 5.02 Å². The quantitative estimate of drug-likeness (QED) is 0.727. The number of piperidine rings is 1. The molecule has 7 nitrogen and oxygen atoms in total. The molecule has 1 fully saturated rings. The van der Waals surface area contributed by atoms with E-state index in [1.165, 1.54) is 0 Å². The number of hydrogen-bond acceptors (Lipinski definition) is 6. The molecule has 0 radical (unpaired) electrons. The predicted molar refractivity (Wildman–Crippen MR) is 89.5 cm³/mol. The zero-order valence-electron chi connectivity index (χ0n) is 13.3. The molecule has 2 aromatic heterocycles. The molecule has 0 aliphatic carbocycles. The standard InChI is InChI=1S/C16H17ClN6O/c1-22-8-6-13(7-9-22)23-10-14(19-21-23)15-18-16(24-20-15)11-2-4-12(17)5-3-11/h2-5,10,13H,6-9H2,1H3. The van der Waals surface area contributed by atoms with Gasteiger partial charge in [-0.05, 0) is 57.2 Å². The first-order valence-electron chi connectivity index (χ1n) is 7.89. The van der Waals surface area contributed by atoms with Gasteiger partial charge in [0.15, 0.2) is 5.69 Å². The van der Waals surface area contributed by atoms with Gasteiger partial charge in [0, 0.05) is 10.6 Å². The number of nitrogens with zero attached hydrogens (tertiary/aromatic N) is 6. The summed E-state index contributed by atoms with van der Waals surface area (Å²) in [6.07, 6.45) is 4.04. The molecule has 0 amide bonds. The Balaban J connectivity index is 1.54. The summed E-state index contributed by atoms with van der Waals surface area (Å²) < 4.78 is 7.24. The van der Waals surface area contributed by atoms with E-state index in [1.807, 2.05) is 23.0 Å². The van der Waals surface area contributed by atoms with Crippen LogP contribution in [0.5, 0.6) is 0 Å². The lowest BCUT2D eigenvalue weighted by Gasteiger charge is -2.28. The lowest BCUT2D eigenvalue weighted by Crippen LogP contribution is -2.31. The van der Waals surface area contributed by atoms with Crippen LogP contribution < -0.4 is 0 Å². The highest BCUT2D eigenvalue weighted by molar-refractivity contribution is 6.30. The smallest absolute Gasteiger partial charge is 0.258 e. The van der Waals surface area contributed by atoms with Crippen LogP contribution in [0.15, 0.2) is 35.0 Å². The van der Waals surface area contributed by atoms with Crippen LogP contribution in [-0.2, 0) is 0 Å². The fraction of sp³-hybridized carbons (Fsp3) is 0.375. The number of hydrogen-bond donors (Lipinski definition) is 0. The summed E-state index contributed by atoms with van der Waals surface area (Å²) in [5.74, 6) is 0.884. The Labute approximate surface area is 144 Å². The Hall–Kier alpha value is -2.25. The Morgan fingerprint density at radius 1 is 1.17 bits per heavy atom. The Bertz CT molecular complexity index is 819. The summed E-state index contributed by atoms with van der Waals surface area (Å²) in [7, 11) is 2.14. The van der Waals surface area contributed by atoms with Crippen molar-refractivity contribution >= 4 is 11.6 Å². The van der Waals surface area contributed by atoms with E-state index in [9.17, 15) is 0 Å². The van der Waals surface area contributed by atoms with Crippen molar-refractivity contribution in [1.29, 1.82) is 0 Å². The molecule has 0 spiro atoms. The molecule has 1 aliphatic rings. The highest BCUT2D eigenvalue weighted by Gasteiger charge is 2.21. The van der Waals surface area contributed by atoms with Gasteiger partial charge in [0.05, 0.1) is 12.2 Å². The van der Waals surface area contributed by atoms with Gasteiger partial charge in [-0.3, -0.25) is 0 Å². The van der Waals surface area contributed by atoms with Crippen LogP contribution in [0.25, 0.3) is 23.0 Å². The Morgan fingerprint density at radius 3 is 2.67 bits per heavy atom. The minimum atomic E-state index is 0.380. The molecule has 24 heavy (non-hydrogen) atoms. The lowest BCUT2D eigenvalue weighted by atomic mass is 10.1. The molecule has 0 N–H and O–H groups in total. The molecule has 3 heterocycles. The summed E-state index contributed by atoms with van der Waals surface area (Å²) in [4.78, 5) is 6.73. The summed E-state index contributed by atoms with van der Waals surface area (Å²) >= 11 is 5.90. The predicted octanol–water partition coefficient (Wildman–Crippen LogP) is 2.92. The van der Waals surface area contributed by atoms with E-state index in [0.29, 0.717) is 28.5 Å². The molecular formula is C16H17ClN6O. The van der Waals surface area contributed by atoms with Gasteiger partial charge in [0.2, 0.25) is 5.82 Å². The molecule has 1 saturated heterocycles. The van der Waals surface area contributed by atoms with Crippen molar-refractivity contribution in [2.75, 3.05) is 20.1 Å². The number of aromatic nitrogens is 5. The zero-order valence-corrected chi connectivity index (χ0v) is 14.0. The minimum absolute atomic E-state index is 0.380. The largest absolute Gasteiger partial charge is 0.334 e. The monoisotopic (exact) mass is 344 g/mol. The lowest BCUT2D eigenvalue weighted by molar-refractivity contribution is 0.210. The first-order valence-corrected chi connectivity index (χ1v) is 8.27. The van der Waals surface area contributed by atoms with E-state index in [1.54, 1.807) is 12.1 Å². The molecule has 0 unspecified atom stereocenters. The molecule has 0 atom stereocenters. The van der Waals surface area contributed by atoms with Crippen molar-refractivity contribution < 1.29 is 4.52 Å². The summed E-state index contributed by atoms with van der Waals surface area (Å²) in [6, 6.07) is 7.64. The van der Waals surface area contributed by atoms with Gasteiger partial charge in [0.1, 0.15) is 0 Å². The van der Waals surface area contributed by atoms with Crippen LogP contribution in [-0.4, -0.2) is 50.2 Å². The summed E-state index contributed by atoms with van der Waals surface area (Å²) in [5.41, 5.74) is 1.44. The third-order valence-corrected chi connectivity index (χ3v) is 4.57. The molecule has 0 saturated carbocycles. The molecule has 8 heteroatoms. The molecule has 0 bridgehead atoms. The average Bonchev–Trinajstić information content (AvgIpc) is 3.25. The third kappa shape index (κ3) is 3.05. The Kier molecular flexibility index (Phi) is 4.03. The van der Waals surface area contributed by atoms with Crippen molar-refractivity contribution in [3.05, 3.63) is 35.5 Å². The van der Waals surface area contributed by atoms with Crippen molar-refractivity contribution in [1.82, 2.24) is 30.0 Å². The van der Waals surface area contributed by atoms with Crippen LogP contribution >= 0.6 is 11.6 Å². The second-order valence-corrected chi connectivity index (χ2v) is 6.48. The topological polar surface area (TPSA) is 72.9 Å². The fourth-order valence-electron chi connectivity index (χ4n) is 2.85. The Morgan fingerprint density at radius 2 is 1.92 bits per heavy atom. The highest BCUT2D eigenvalue weighted by atomic mass is 35.5. The van der Waals surface area contributed by atoms with Crippen molar-refractivity contribution in [3.8, 4) is 23.0 Å². The normalized spacial score (nSPS) is 16.6. The second kappa shape index (κ2) is 6.33. The maximum absolute atomic E-state index is 5.90. The minimum Gasteiger partial charge on any atom is -0.334 e. The van der Waals surface area contributed by atoms with Crippen molar-refractivity contribution in [3.63, 3.8) is 0 Å². The van der Waals surface area contributed by atoms with Gasteiger partial charge in [-0.25, -0.2) is 4.68 Å². The zero-order chi connectivity index (χ0) is 16.5. The average molecular weight is 345 g/mol. The number of likely N-dealkylation sites (tertiary alicyclic amines) is 1. The maximum atomic E-state index is 5.90. The van der Waals surface area contributed by atoms with Gasteiger partial charge < -0.3 is 9.42 Å². The summed E-state index contributed by atoms with van der Waals surface area (Å²) in [5, 5.41) is 13.1. The van der Waals surface area contributed by atoms with Crippen molar-refractivity contribution in [2.45, 2.75) is 18.9 Å². The van der Waals surface area contributed by atoms with Gasteiger partial charge in [-0.15, -0.1) is 5.10 Å². The second-order valence-electron chi connectivity index (χ2n) is 6.05. The van der Waals surface area contributed by atoms with Crippen LogP contribution in [0.1, 0.15) is 18.9 Å². The maximum Gasteiger partial charge on any atom is 0.258 e.